The fourth-order valence-corrected chi connectivity index (χ4v) is 3.81. The van der Waals surface area contributed by atoms with E-state index in [-0.39, 0.29) is 4.90 Å². The maximum atomic E-state index is 12.2. The quantitative estimate of drug-likeness (QED) is 0.837. The maximum absolute atomic E-state index is 12.2. The monoisotopic (exact) mass is 320 g/mol. The summed E-state index contributed by atoms with van der Waals surface area (Å²) in [5, 5.41) is 0. The van der Waals surface area contributed by atoms with Gasteiger partial charge in [-0.25, -0.2) is 13.1 Å². The van der Waals surface area contributed by atoms with Crippen LogP contribution >= 0.6 is 15.9 Å². The summed E-state index contributed by atoms with van der Waals surface area (Å²) in [6, 6.07) is 4.64. The van der Waals surface area contributed by atoms with Gasteiger partial charge in [-0.2, -0.15) is 0 Å². The van der Waals surface area contributed by atoms with E-state index in [1.54, 1.807) is 12.1 Å². The van der Waals surface area contributed by atoms with Gasteiger partial charge in [-0.15, -0.1) is 0 Å². The van der Waals surface area contributed by atoms with Crippen molar-refractivity contribution in [1.29, 1.82) is 0 Å². The van der Waals surface area contributed by atoms with Gasteiger partial charge in [0, 0.05) is 15.7 Å². The highest BCUT2D eigenvalue weighted by atomic mass is 79.9. The molecule has 0 fully saturated rings. The first kappa shape index (κ1) is 14.5. The molecule has 0 heterocycles. The van der Waals surface area contributed by atoms with E-state index in [2.05, 4.69) is 20.7 Å². The molecule has 1 aromatic carbocycles. The Bertz CT molecular complexity index is 512. The zero-order chi connectivity index (χ0) is 13.3. The van der Waals surface area contributed by atoms with Crippen LogP contribution < -0.4 is 10.5 Å². The van der Waals surface area contributed by atoms with Crippen molar-refractivity contribution in [2.24, 2.45) is 0 Å². The van der Waals surface area contributed by atoms with E-state index in [1.807, 2.05) is 20.8 Å². The zero-order valence-electron chi connectivity index (χ0n) is 10.1. The molecule has 0 aliphatic rings. The van der Waals surface area contributed by atoms with Gasteiger partial charge in [-0.05, 0) is 54.4 Å². The second-order valence-corrected chi connectivity index (χ2v) is 7.04. The SMILES string of the molecule is CCC(C)(C)NS(=O)(=O)c1ccc(N)cc1Br. The third-order valence-electron chi connectivity index (χ3n) is 2.54. The van der Waals surface area contributed by atoms with Crippen LogP contribution in [0, 0.1) is 0 Å². The van der Waals surface area contributed by atoms with E-state index in [4.69, 9.17) is 5.73 Å². The van der Waals surface area contributed by atoms with Crippen LogP contribution in [0.3, 0.4) is 0 Å². The molecule has 1 aromatic rings. The highest BCUT2D eigenvalue weighted by Gasteiger charge is 2.26. The van der Waals surface area contributed by atoms with Gasteiger partial charge in [0.15, 0.2) is 0 Å². The molecule has 0 saturated heterocycles. The average molecular weight is 321 g/mol. The number of rotatable bonds is 4. The highest BCUT2D eigenvalue weighted by molar-refractivity contribution is 9.10. The molecule has 17 heavy (non-hydrogen) atoms. The fourth-order valence-electron chi connectivity index (χ4n) is 1.23. The Labute approximate surface area is 111 Å². The molecular formula is C11H17BrN2O2S. The van der Waals surface area contributed by atoms with Gasteiger partial charge in [0.1, 0.15) is 0 Å². The van der Waals surface area contributed by atoms with E-state index in [9.17, 15) is 8.42 Å². The zero-order valence-corrected chi connectivity index (χ0v) is 12.5. The van der Waals surface area contributed by atoms with Crippen LogP contribution in [0.15, 0.2) is 27.6 Å². The first-order chi connectivity index (χ1) is 7.68. The molecule has 3 N–H and O–H groups in total. The van der Waals surface area contributed by atoms with Crippen LogP contribution in [0.1, 0.15) is 27.2 Å². The molecule has 0 saturated carbocycles. The maximum Gasteiger partial charge on any atom is 0.242 e. The van der Waals surface area contributed by atoms with Crippen molar-refractivity contribution in [3.63, 3.8) is 0 Å². The van der Waals surface area contributed by atoms with Crippen LogP contribution in [0.2, 0.25) is 0 Å². The summed E-state index contributed by atoms with van der Waals surface area (Å²) in [6.07, 6.45) is 0.707. The molecule has 0 spiro atoms. The lowest BCUT2D eigenvalue weighted by atomic mass is 10.0. The number of nitrogen functional groups attached to an aromatic ring is 1. The number of nitrogens with two attached hydrogens (primary N) is 1. The number of benzene rings is 1. The van der Waals surface area contributed by atoms with Crippen LogP contribution in [0.25, 0.3) is 0 Å². The highest BCUT2D eigenvalue weighted by Crippen LogP contribution is 2.25. The van der Waals surface area contributed by atoms with Crippen molar-refractivity contribution >= 4 is 31.6 Å². The molecule has 0 amide bonds. The molecule has 0 radical (unpaired) electrons. The Morgan fingerprint density at radius 3 is 2.47 bits per heavy atom. The lowest BCUT2D eigenvalue weighted by molar-refractivity contribution is 0.439. The number of halogens is 1. The molecule has 96 valence electrons. The predicted octanol–water partition coefficient (Wildman–Crippen LogP) is 2.50. The molecule has 0 aliphatic heterocycles. The van der Waals surface area contributed by atoms with Crippen LogP contribution in [0.5, 0.6) is 0 Å². The Morgan fingerprint density at radius 1 is 1.41 bits per heavy atom. The summed E-state index contributed by atoms with van der Waals surface area (Å²) in [5.74, 6) is 0. The largest absolute Gasteiger partial charge is 0.399 e. The van der Waals surface area contributed by atoms with E-state index in [1.165, 1.54) is 6.07 Å². The smallest absolute Gasteiger partial charge is 0.242 e. The minimum Gasteiger partial charge on any atom is -0.399 e. The normalized spacial score (nSPS) is 12.7. The minimum atomic E-state index is -3.53. The summed E-state index contributed by atoms with van der Waals surface area (Å²) in [5.41, 5.74) is 5.63. The Balaban J connectivity index is 3.14. The van der Waals surface area contributed by atoms with Crippen LogP contribution in [0.4, 0.5) is 5.69 Å². The number of sulfonamides is 1. The van der Waals surface area contributed by atoms with Crippen LogP contribution in [-0.4, -0.2) is 14.0 Å². The summed E-state index contributed by atoms with van der Waals surface area (Å²) in [6.45, 7) is 5.62. The van der Waals surface area contributed by atoms with Gasteiger partial charge in [0.05, 0.1) is 4.90 Å². The van der Waals surface area contributed by atoms with Gasteiger partial charge in [-0.1, -0.05) is 6.92 Å². The van der Waals surface area contributed by atoms with Crippen molar-refractivity contribution < 1.29 is 8.42 Å². The lowest BCUT2D eigenvalue weighted by Gasteiger charge is -2.24. The molecule has 1 rings (SSSR count). The molecular weight excluding hydrogens is 304 g/mol. The van der Waals surface area contributed by atoms with Gasteiger partial charge in [-0.3, -0.25) is 0 Å². The van der Waals surface area contributed by atoms with Gasteiger partial charge in [0.25, 0.3) is 0 Å². The second kappa shape index (κ2) is 4.96. The molecule has 0 aliphatic carbocycles. The lowest BCUT2D eigenvalue weighted by Crippen LogP contribution is -2.42. The van der Waals surface area contributed by atoms with Crippen molar-refractivity contribution in [1.82, 2.24) is 4.72 Å². The van der Waals surface area contributed by atoms with Gasteiger partial charge in [0.2, 0.25) is 10.0 Å². The molecule has 6 heteroatoms. The van der Waals surface area contributed by atoms with E-state index >= 15 is 0 Å². The van der Waals surface area contributed by atoms with E-state index in [0.29, 0.717) is 16.6 Å². The standard InChI is InChI=1S/C11H17BrN2O2S/c1-4-11(2,3)14-17(15,16)10-6-5-8(13)7-9(10)12/h5-7,14H,4,13H2,1-3H3. The summed E-state index contributed by atoms with van der Waals surface area (Å²) in [7, 11) is -3.53. The predicted molar refractivity (Wildman–Crippen MR) is 73.2 cm³/mol. The van der Waals surface area contributed by atoms with E-state index in [0.717, 1.165) is 0 Å². The van der Waals surface area contributed by atoms with Crippen molar-refractivity contribution in [2.75, 3.05) is 5.73 Å². The molecule has 0 aromatic heterocycles. The number of hydrogen-bond donors (Lipinski definition) is 2. The van der Waals surface area contributed by atoms with Crippen molar-refractivity contribution in [3.8, 4) is 0 Å². The molecule has 0 unspecified atom stereocenters. The third kappa shape index (κ3) is 3.69. The molecule has 0 atom stereocenters. The first-order valence-electron chi connectivity index (χ1n) is 5.27. The summed E-state index contributed by atoms with van der Waals surface area (Å²) in [4.78, 5) is 0.202. The fraction of sp³-hybridized carbons (Fsp3) is 0.455. The van der Waals surface area contributed by atoms with Crippen molar-refractivity contribution in [2.45, 2.75) is 37.6 Å². The van der Waals surface area contributed by atoms with Gasteiger partial charge >= 0.3 is 0 Å². The Morgan fingerprint density at radius 2 is 2.00 bits per heavy atom. The summed E-state index contributed by atoms with van der Waals surface area (Å²) < 4.78 is 27.4. The average Bonchev–Trinajstić information content (AvgIpc) is 2.15. The molecule has 4 nitrogen and oxygen atoms in total. The molecule has 0 bridgehead atoms. The van der Waals surface area contributed by atoms with Crippen LogP contribution in [-0.2, 0) is 10.0 Å². The first-order valence-corrected chi connectivity index (χ1v) is 7.54. The Hall–Kier alpha value is -0.590. The van der Waals surface area contributed by atoms with Crippen molar-refractivity contribution in [3.05, 3.63) is 22.7 Å². The number of nitrogens with one attached hydrogen (secondary N) is 1. The third-order valence-corrected chi connectivity index (χ3v) is 5.21. The second-order valence-electron chi connectivity index (χ2n) is 4.53. The number of anilines is 1. The van der Waals surface area contributed by atoms with Gasteiger partial charge < -0.3 is 5.73 Å². The Kier molecular flexibility index (Phi) is 4.22. The summed E-state index contributed by atoms with van der Waals surface area (Å²) >= 11 is 3.21. The number of hydrogen-bond acceptors (Lipinski definition) is 3. The topological polar surface area (TPSA) is 72.2 Å². The van der Waals surface area contributed by atoms with E-state index < -0.39 is 15.6 Å². The minimum absolute atomic E-state index is 0.202.